The lowest BCUT2D eigenvalue weighted by Gasteiger charge is -2.20. The van der Waals surface area contributed by atoms with Crippen LogP contribution in [0.3, 0.4) is 0 Å². The number of rotatable bonds is 8. The maximum absolute atomic E-state index is 3.69. The molecule has 1 aliphatic rings. The first-order valence-electron chi connectivity index (χ1n) is 5.44. The zero-order valence-corrected chi connectivity index (χ0v) is 8.76. The highest BCUT2D eigenvalue weighted by atomic mass is 15.2. The summed E-state index contributed by atoms with van der Waals surface area (Å²) in [5.74, 6) is 0. The van der Waals surface area contributed by atoms with Crippen LogP contribution in [0.15, 0.2) is 12.7 Å². The molecule has 1 N–H and O–H groups in total. The summed E-state index contributed by atoms with van der Waals surface area (Å²) in [5.41, 5.74) is 0. The van der Waals surface area contributed by atoms with Crippen LogP contribution in [0.5, 0.6) is 0 Å². The molecule has 76 valence electrons. The summed E-state index contributed by atoms with van der Waals surface area (Å²) in [6.45, 7) is 10.4. The molecule has 0 unspecified atom stereocenters. The van der Waals surface area contributed by atoms with Gasteiger partial charge in [-0.3, -0.25) is 4.90 Å². The standard InChI is InChI=1S/C11H22N2/c1-3-7-12-8-10-13(9-4-2)11-5-6-11/h3,11-12H,1,4-10H2,2H3. The van der Waals surface area contributed by atoms with Crippen molar-refractivity contribution in [1.82, 2.24) is 10.2 Å². The lowest BCUT2D eigenvalue weighted by atomic mass is 10.4. The third-order valence-corrected chi connectivity index (χ3v) is 2.44. The van der Waals surface area contributed by atoms with Crippen LogP contribution >= 0.6 is 0 Å². The van der Waals surface area contributed by atoms with Gasteiger partial charge in [-0.2, -0.15) is 0 Å². The highest BCUT2D eigenvalue weighted by Gasteiger charge is 2.27. The van der Waals surface area contributed by atoms with E-state index in [1.807, 2.05) is 6.08 Å². The summed E-state index contributed by atoms with van der Waals surface area (Å²) >= 11 is 0. The number of hydrogen-bond acceptors (Lipinski definition) is 2. The van der Waals surface area contributed by atoms with E-state index in [1.54, 1.807) is 0 Å². The van der Waals surface area contributed by atoms with Crippen molar-refractivity contribution < 1.29 is 0 Å². The summed E-state index contributed by atoms with van der Waals surface area (Å²) in [5, 5.41) is 3.35. The number of nitrogens with one attached hydrogen (secondary N) is 1. The topological polar surface area (TPSA) is 15.3 Å². The second-order valence-electron chi connectivity index (χ2n) is 3.76. The molecule has 1 saturated carbocycles. The van der Waals surface area contributed by atoms with Gasteiger partial charge in [0.1, 0.15) is 0 Å². The van der Waals surface area contributed by atoms with Crippen molar-refractivity contribution in [3.05, 3.63) is 12.7 Å². The van der Waals surface area contributed by atoms with E-state index < -0.39 is 0 Å². The lowest BCUT2D eigenvalue weighted by molar-refractivity contribution is 0.265. The first kappa shape index (κ1) is 10.7. The van der Waals surface area contributed by atoms with E-state index >= 15 is 0 Å². The van der Waals surface area contributed by atoms with Crippen LogP contribution in [0.1, 0.15) is 26.2 Å². The van der Waals surface area contributed by atoms with Crippen molar-refractivity contribution in [1.29, 1.82) is 0 Å². The van der Waals surface area contributed by atoms with Crippen molar-refractivity contribution >= 4 is 0 Å². The van der Waals surface area contributed by atoms with E-state index in [-0.39, 0.29) is 0 Å². The summed E-state index contributed by atoms with van der Waals surface area (Å²) in [7, 11) is 0. The lowest BCUT2D eigenvalue weighted by Crippen LogP contribution is -2.34. The third kappa shape index (κ3) is 4.44. The first-order chi connectivity index (χ1) is 6.38. The Hall–Kier alpha value is -0.340. The molecule has 0 saturated heterocycles. The Bertz CT molecular complexity index is 141. The van der Waals surface area contributed by atoms with Gasteiger partial charge in [-0.25, -0.2) is 0 Å². The highest BCUT2D eigenvalue weighted by molar-refractivity contribution is 4.84. The van der Waals surface area contributed by atoms with E-state index in [9.17, 15) is 0 Å². The van der Waals surface area contributed by atoms with Crippen LogP contribution < -0.4 is 5.32 Å². The van der Waals surface area contributed by atoms with Gasteiger partial charge < -0.3 is 5.32 Å². The maximum Gasteiger partial charge on any atom is 0.0132 e. The average molecular weight is 182 g/mol. The quantitative estimate of drug-likeness (QED) is 0.453. The molecule has 1 rings (SSSR count). The summed E-state index contributed by atoms with van der Waals surface area (Å²) in [6.07, 6.45) is 6.03. The van der Waals surface area contributed by atoms with Crippen LogP contribution in [-0.2, 0) is 0 Å². The zero-order chi connectivity index (χ0) is 9.52. The number of hydrogen-bond donors (Lipinski definition) is 1. The Morgan fingerprint density at radius 3 is 2.77 bits per heavy atom. The Morgan fingerprint density at radius 2 is 2.23 bits per heavy atom. The summed E-state index contributed by atoms with van der Waals surface area (Å²) in [4.78, 5) is 2.61. The molecular formula is C11H22N2. The Kier molecular flexibility index (Phi) is 5.09. The Morgan fingerprint density at radius 1 is 1.46 bits per heavy atom. The van der Waals surface area contributed by atoms with Crippen LogP contribution in [-0.4, -0.2) is 37.1 Å². The molecule has 0 aromatic rings. The van der Waals surface area contributed by atoms with E-state index in [0.29, 0.717) is 0 Å². The fourth-order valence-corrected chi connectivity index (χ4v) is 1.63. The molecule has 0 spiro atoms. The normalized spacial score (nSPS) is 16.5. The molecule has 1 aliphatic carbocycles. The van der Waals surface area contributed by atoms with Crippen LogP contribution in [0.2, 0.25) is 0 Å². The van der Waals surface area contributed by atoms with Gasteiger partial charge in [0.2, 0.25) is 0 Å². The SMILES string of the molecule is C=CCNCCN(CCC)C1CC1. The highest BCUT2D eigenvalue weighted by Crippen LogP contribution is 2.26. The average Bonchev–Trinajstić information content (AvgIpc) is 2.93. The fraction of sp³-hybridized carbons (Fsp3) is 0.818. The molecule has 13 heavy (non-hydrogen) atoms. The molecule has 0 heterocycles. The van der Waals surface area contributed by atoms with E-state index in [0.717, 1.165) is 19.1 Å². The monoisotopic (exact) mass is 182 g/mol. The first-order valence-corrected chi connectivity index (χ1v) is 5.44. The van der Waals surface area contributed by atoms with Crippen molar-refractivity contribution in [2.24, 2.45) is 0 Å². The predicted molar refractivity (Wildman–Crippen MR) is 58.0 cm³/mol. The summed E-state index contributed by atoms with van der Waals surface area (Å²) in [6, 6.07) is 0.908. The van der Waals surface area contributed by atoms with Gasteiger partial charge in [0, 0.05) is 25.7 Å². The molecule has 0 aromatic carbocycles. The van der Waals surface area contributed by atoms with Gasteiger partial charge in [-0.05, 0) is 25.8 Å². The largest absolute Gasteiger partial charge is 0.312 e. The Labute approximate surface area is 82.0 Å². The van der Waals surface area contributed by atoms with Gasteiger partial charge >= 0.3 is 0 Å². The molecule has 1 fully saturated rings. The van der Waals surface area contributed by atoms with Crippen molar-refractivity contribution in [3.63, 3.8) is 0 Å². The predicted octanol–water partition coefficient (Wildman–Crippen LogP) is 1.64. The zero-order valence-electron chi connectivity index (χ0n) is 8.76. The molecule has 0 amide bonds. The molecule has 0 bridgehead atoms. The van der Waals surface area contributed by atoms with Crippen LogP contribution in [0.4, 0.5) is 0 Å². The van der Waals surface area contributed by atoms with Gasteiger partial charge in [0.25, 0.3) is 0 Å². The Balaban J connectivity index is 2.03. The maximum atomic E-state index is 3.69. The fourth-order valence-electron chi connectivity index (χ4n) is 1.63. The number of nitrogens with zero attached hydrogens (tertiary/aromatic N) is 1. The molecule has 0 atom stereocenters. The van der Waals surface area contributed by atoms with Crippen molar-refractivity contribution in [3.8, 4) is 0 Å². The third-order valence-electron chi connectivity index (χ3n) is 2.44. The minimum absolute atomic E-state index is 0.908. The van der Waals surface area contributed by atoms with Crippen LogP contribution in [0, 0.1) is 0 Å². The van der Waals surface area contributed by atoms with E-state index in [2.05, 4.69) is 23.7 Å². The van der Waals surface area contributed by atoms with Crippen LogP contribution in [0.25, 0.3) is 0 Å². The van der Waals surface area contributed by atoms with Gasteiger partial charge in [0.15, 0.2) is 0 Å². The summed E-state index contributed by atoms with van der Waals surface area (Å²) < 4.78 is 0. The van der Waals surface area contributed by atoms with Gasteiger partial charge in [-0.15, -0.1) is 6.58 Å². The van der Waals surface area contributed by atoms with Crippen molar-refractivity contribution in [2.45, 2.75) is 32.2 Å². The van der Waals surface area contributed by atoms with Gasteiger partial charge in [0.05, 0.1) is 0 Å². The minimum atomic E-state index is 0.908. The van der Waals surface area contributed by atoms with Gasteiger partial charge in [-0.1, -0.05) is 13.0 Å². The molecule has 2 nitrogen and oxygen atoms in total. The molecule has 0 aromatic heterocycles. The second-order valence-corrected chi connectivity index (χ2v) is 3.76. The smallest absolute Gasteiger partial charge is 0.0132 e. The molecule has 2 heteroatoms. The molecular weight excluding hydrogens is 160 g/mol. The second kappa shape index (κ2) is 6.17. The van der Waals surface area contributed by atoms with E-state index in [4.69, 9.17) is 0 Å². The minimum Gasteiger partial charge on any atom is -0.312 e. The van der Waals surface area contributed by atoms with E-state index in [1.165, 1.54) is 32.4 Å². The molecule has 0 radical (unpaired) electrons. The van der Waals surface area contributed by atoms with Crippen molar-refractivity contribution in [2.75, 3.05) is 26.2 Å². The molecule has 0 aliphatic heterocycles.